The van der Waals surface area contributed by atoms with Crippen molar-refractivity contribution in [3.8, 4) is 11.3 Å². The van der Waals surface area contributed by atoms with Crippen molar-refractivity contribution in [1.29, 1.82) is 0 Å². The molecule has 0 spiro atoms. The zero-order valence-electron chi connectivity index (χ0n) is 10.7. The second kappa shape index (κ2) is 4.13. The van der Waals surface area contributed by atoms with Gasteiger partial charge in [0.05, 0.1) is 5.69 Å². The van der Waals surface area contributed by atoms with Crippen LogP contribution in [-0.4, -0.2) is 23.9 Å². The van der Waals surface area contributed by atoms with E-state index in [2.05, 4.69) is 35.1 Å². The van der Waals surface area contributed by atoms with E-state index in [0.717, 1.165) is 16.9 Å². The molecule has 0 fully saturated rings. The van der Waals surface area contributed by atoms with Gasteiger partial charge in [-0.15, -0.1) is 0 Å². The average molecular weight is 230 g/mol. The second-order valence-electron chi connectivity index (χ2n) is 4.49. The van der Waals surface area contributed by atoms with E-state index in [1.807, 2.05) is 27.2 Å². The van der Waals surface area contributed by atoms with Crippen LogP contribution >= 0.6 is 0 Å². The van der Waals surface area contributed by atoms with E-state index in [-0.39, 0.29) is 0 Å². The first kappa shape index (κ1) is 11.5. The highest BCUT2D eigenvalue weighted by atomic mass is 15.3. The highest BCUT2D eigenvalue weighted by Crippen LogP contribution is 2.30. The molecule has 1 aromatic carbocycles. The second-order valence-corrected chi connectivity index (χ2v) is 4.49. The fourth-order valence-electron chi connectivity index (χ4n) is 1.84. The maximum absolute atomic E-state index is 5.82. The molecule has 1 aromatic heterocycles. The molecule has 0 radical (unpaired) electrons. The third-order valence-corrected chi connectivity index (χ3v) is 2.83. The van der Waals surface area contributed by atoms with Crippen LogP contribution in [0.5, 0.6) is 0 Å². The largest absolute Gasteiger partial charge is 0.384 e. The van der Waals surface area contributed by atoms with E-state index in [0.29, 0.717) is 5.82 Å². The summed E-state index contributed by atoms with van der Waals surface area (Å²) < 4.78 is 1.69. The molecule has 0 saturated carbocycles. The number of aromatic nitrogens is 2. The summed E-state index contributed by atoms with van der Waals surface area (Å²) in [7, 11) is 5.91. The molecule has 0 aliphatic heterocycles. The fourth-order valence-corrected chi connectivity index (χ4v) is 1.84. The quantitative estimate of drug-likeness (QED) is 0.858. The predicted molar refractivity (Wildman–Crippen MR) is 72.1 cm³/mol. The third kappa shape index (κ3) is 2.11. The van der Waals surface area contributed by atoms with Crippen molar-refractivity contribution in [1.82, 2.24) is 9.78 Å². The fraction of sp³-hybridized carbons (Fsp3) is 0.308. The van der Waals surface area contributed by atoms with Crippen LogP contribution in [0.2, 0.25) is 0 Å². The molecule has 2 aromatic rings. The summed E-state index contributed by atoms with van der Waals surface area (Å²) in [4.78, 5) is 2.09. The molecule has 0 aliphatic carbocycles. The molecule has 0 bridgehead atoms. The maximum atomic E-state index is 5.82. The van der Waals surface area contributed by atoms with Crippen LogP contribution < -0.4 is 10.6 Å². The van der Waals surface area contributed by atoms with Crippen LogP contribution in [0.3, 0.4) is 0 Å². The first-order chi connectivity index (χ1) is 7.99. The van der Waals surface area contributed by atoms with Gasteiger partial charge in [-0.05, 0) is 18.6 Å². The van der Waals surface area contributed by atoms with Crippen LogP contribution in [0.1, 0.15) is 5.56 Å². The van der Waals surface area contributed by atoms with Crippen LogP contribution in [0.4, 0.5) is 11.5 Å². The number of anilines is 2. The van der Waals surface area contributed by atoms with Gasteiger partial charge in [-0.2, -0.15) is 5.10 Å². The normalized spacial score (nSPS) is 10.6. The summed E-state index contributed by atoms with van der Waals surface area (Å²) in [6, 6.07) is 8.23. The highest BCUT2D eigenvalue weighted by molar-refractivity contribution is 5.77. The number of nitrogens with zero attached hydrogens (tertiary/aromatic N) is 3. The number of rotatable bonds is 2. The summed E-state index contributed by atoms with van der Waals surface area (Å²) in [6.45, 7) is 2.09. The van der Waals surface area contributed by atoms with Gasteiger partial charge in [-0.25, -0.2) is 0 Å². The number of aryl methyl sites for hydroxylation is 2. The van der Waals surface area contributed by atoms with Gasteiger partial charge < -0.3 is 10.6 Å². The topological polar surface area (TPSA) is 47.1 Å². The first-order valence-electron chi connectivity index (χ1n) is 5.57. The van der Waals surface area contributed by atoms with Gasteiger partial charge in [0.15, 0.2) is 0 Å². The minimum absolute atomic E-state index is 0.672. The Bertz CT molecular complexity index is 521. The van der Waals surface area contributed by atoms with Crippen molar-refractivity contribution in [2.45, 2.75) is 6.92 Å². The summed E-state index contributed by atoms with van der Waals surface area (Å²) in [6.07, 6.45) is 0. The molecule has 17 heavy (non-hydrogen) atoms. The van der Waals surface area contributed by atoms with Crippen molar-refractivity contribution in [3.63, 3.8) is 0 Å². The minimum Gasteiger partial charge on any atom is -0.384 e. The summed E-state index contributed by atoms with van der Waals surface area (Å²) in [5, 5.41) is 4.42. The molecule has 0 aliphatic rings. The Morgan fingerprint density at radius 1 is 1.24 bits per heavy atom. The SMILES string of the molecule is Cc1ccc(-c2cc(N)n(C)n2)c(N(C)C)c1. The molecule has 0 unspecified atom stereocenters. The van der Waals surface area contributed by atoms with Crippen molar-refractivity contribution in [2.24, 2.45) is 7.05 Å². The van der Waals surface area contributed by atoms with E-state index in [1.54, 1.807) is 4.68 Å². The first-order valence-corrected chi connectivity index (χ1v) is 5.57. The van der Waals surface area contributed by atoms with Gasteiger partial charge in [0.2, 0.25) is 0 Å². The summed E-state index contributed by atoms with van der Waals surface area (Å²) >= 11 is 0. The number of benzene rings is 1. The predicted octanol–water partition coefficient (Wildman–Crippen LogP) is 2.04. The van der Waals surface area contributed by atoms with Gasteiger partial charge in [0.25, 0.3) is 0 Å². The molecule has 1 heterocycles. The van der Waals surface area contributed by atoms with Gasteiger partial charge >= 0.3 is 0 Å². The van der Waals surface area contributed by atoms with Gasteiger partial charge in [-0.3, -0.25) is 4.68 Å². The minimum atomic E-state index is 0.672. The van der Waals surface area contributed by atoms with Crippen LogP contribution in [-0.2, 0) is 7.05 Å². The van der Waals surface area contributed by atoms with E-state index in [4.69, 9.17) is 5.73 Å². The van der Waals surface area contributed by atoms with Crippen molar-refractivity contribution in [3.05, 3.63) is 29.8 Å². The number of nitrogen functional groups attached to an aromatic ring is 1. The zero-order chi connectivity index (χ0) is 12.6. The lowest BCUT2D eigenvalue weighted by atomic mass is 10.1. The number of hydrogen-bond donors (Lipinski definition) is 1. The Morgan fingerprint density at radius 3 is 2.47 bits per heavy atom. The Balaban J connectivity index is 2.58. The standard InChI is InChI=1S/C13H18N4/c1-9-5-6-10(12(7-9)16(2)3)11-8-13(14)17(4)15-11/h5-8H,14H2,1-4H3. The Kier molecular flexibility index (Phi) is 2.79. The molecule has 2 rings (SSSR count). The lowest BCUT2D eigenvalue weighted by Gasteiger charge is -2.17. The van der Waals surface area contributed by atoms with Gasteiger partial charge in [0, 0.05) is 38.5 Å². The average Bonchev–Trinajstić information content (AvgIpc) is 2.59. The molecule has 0 atom stereocenters. The Labute approximate surface area is 102 Å². The van der Waals surface area contributed by atoms with Crippen molar-refractivity contribution in [2.75, 3.05) is 24.7 Å². The smallest absolute Gasteiger partial charge is 0.121 e. The molecular formula is C13H18N4. The van der Waals surface area contributed by atoms with Crippen LogP contribution in [0.25, 0.3) is 11.3 Å². The van der Waals surface area contributed by atoms with Crippen molar-refractivity contribution >= 4 is 11.5 Å². The van der Waals surface area contributed by atoms with Crippen LogP contribution in [0, 0.1) is 6.92 Å². The van der Waals surface area contributed by atoms with Crippen LogP contribution in [0.15, 0.2) is 24.3 Å². The molecule has 4 heteroatoms. The summed E-state index contributed by atoms with van der Waals surface area (Å²) in [5.74, 6) is 0.672. The lowest BCUT2D eigenvalue weighted by molar-refractivity contribution is 0.782. The molecule has 2 N–H and O–H groups in total. The molecular weight excluding hydrogens is 212 g/mol. The maximum Gasteiger partial charge on any atom is 0.121 e. The number of nitrogens with two attached hydrogens (primary N) is 1. The highest BCUT2D eigenvalue weighted by Gasteiger charge is 2.11. The molecule has 0 amide bonds. The van der Waals surface area contributed by atoms with E-state index in [1.165, 1.54) is 5.56 Å². The summed E-state index contributed by atoms with van der Waals surface area (Å²) in [5.41, 5.74) is 10.2. The van der Waals surface area contributed by atoms with E-state index in [9.17, 15) is 0 Å². The Hall–Kier alpha value is -1.97. The molecule has 4 nitrogen and oxygen atoms in total. The zero-order valence-corrected chi connectivity index (χ0v) is 10.7. The van der Waals surface area contributed by atoms with E-state index < -0.39 is 0 Å². The van der Waals surface area contributed by atoms with Gasteiger partial charge in [0.1, 0.15) is 5.82 Å². The number of hydrogen-bond acceptors (Lipinski definition) is 3. The monoisotopic (exact) mass is 230 g/mol. The molecule has 90 valence electrons. The van der Waals surface area contributed by atoms with E-state index >= 15 is 0 Å². The third-order valence-electron chi connectivity index (χ3n) is 2.83. The Morgan fingerprint density at radius 2 is 1.94 bits per heavy atom. The molecule has 0 saturated heterocycles. The lowest BCUT2D eigenvalue weighted by Crippen LogP contribution is -2.10. The van der Waals surface area contributed by atoms with Gasteiger partial charge in [-0.1, -0.05) is 12.1 Å². The van der Waals surface area contributed by atoms with Crippen molar-refractivity contribution < 1.29 is 0 Å².